The van der Waals surface area contributed by atoms with Crippen molar-refractivity contribution in [2.45, 2.75) is 347 Å². The molecule has 0 rings (SSSR count). The molecule has 0 aliphatic heterocycles. The number of aliphatic hydroxyl groups is 2. The van der Waals surface area contributed by atoms with E-state index >= 15 is 0 Å². The minimum absolute atomic E-state index is 0.0587. The molecule has 0 aromatic carbocycles. The maximum absolute atomic E-state index is 12.5. The van der Waals surface area contributed by atoms with Gasteiger partial charge in [0.15, 0.2) is 0 Å². The topological polar surface area (TPSA) is 69.6 Å². The first-order valence-electron chi connectivity index (χ1n) is 30.2. The summed E-state index contributed by atoms with van der Waals surface area (Å²) in [5.74, 6) is -0.0587. The van der Waals surface area contributed by atoms with Gasteiger partial charge in [-0.15, -0.1) is 0 Å². The summed E-state index contributed by atoms with van der Waals surface area (Å²) < 4.78 is 0. The van der Waals surface area contributed by atoms with E-state index in [1.165, 1.54) is 283 Å². The van der Waals surface area contributed by atoms with Crippen LogP contribution < -0.4 is 5.32 Å². The standard InChI is InChI=1S/C62H119NO3/c1-3-5-7-9-11-13-15-17-19-21-23-24-25-26-27-28-29-30-31-32-33-34-35-36-37-38-40-42-44-46-48-50-52-54-56-58-62(66)63-60(59-64)61(65)57-55-53-51-49-47-45-43-41-39-22-20-18-16-14-12-10-8-6-4-2/h25-26,28-29,55,57,60-61,64-65H,3-24,27,30-54,56,58-59H2,1-2H3,(H,63,66)/b26-25-,29-28-,57-55+. The molecule has 2 atom stereocenters. The van der Waals surface area contributed by atoms with Gasteiger partial charge in [-0.1, -0.05) is 314 Å². The van der Waals surface area contributed by atoms with Gasteiger partial charge in [-0.25, -0.2) is 0 Å². The van der Waals surface area contributed by atoms with Crippen molar-refractivity contribution >= 4 is 5.91 Å². The molecule has 4 heteroatoms. The highest BCUT2D eigenvalue weighted by Gasteiger charge is 2.18. The number of amides is 1. The summed E-state index contributed by atoms with van der Waals surface area (Å²) in [5.41, 5.74) is 0. The Morgan fingerprint density at radius 1 is 0.364 bits per heavy atom. The van der Waals surface area contributed by atoms with Gasteiger partial charge in [0.05, 0.1) is 18.8 Å². The van der Waals surface area contributed by atoms with Gasteiger partial charge < -0.3 is 15.5 Å². The van der Waals surface area contributed by atoms with Crippen molar-refractivity contribution in [1.29, 1.82) is 0 Å². The van der Waals surface area contributed by atoms with Crippen molar-refractivity contribution in [2.75, 3.05) is 6.61 Å². The van der Waals surface area contributed by atoms with Crippen LogP contribution in [0, 0.1) is 0 Å². The van der Waals surface area contributed by atoms with Gasteiger partial charge in [0.2, 0.25) is 5.91 Å². The normalized spacial score (nSPS) is 13.0. The number of carbonyl (C=O) groups is 1. The van der Waals surface area contributed by atoms with Crippen molar-refractivity contribution in [1.82, 2.24) is 5.32 Å². The van der Waals surface area contributed by atoms with Crippen LogP contribution in [0.4, 0.5) is 0 Å². The van der Waals surface area contributed by atoms with Crippen LogP contribution in [0.1, 0.15) is 335 Å². The Morgan fingerprint density at radius 3 is 0.909 bits per heavy atom. The first-order chi connectivity index (χ1) is 32.7. The van der Waals surface area contributed by atoms with E-state index in [0.717, 1.165) is 32.1 Å². The second-order valence-corrected chi connectivity index (χ2v) is 20.8. The summed E-state index contributed by atoms with van der Waals surface area (Å²) >= 11 is 0. The third kappa shape index (κ3) is 53.6. The summed E-state index contributed by atoms with van der Waals surface area (Å²) in [4.78, 5) is 12.5. The van der Waals surface area contributed by atoms with Crippen LogP contribution in [0.5, 0.6) is 0 Å². The van der Waals surface area contributed by atoms with Gasteiger partial charge in [0.1, 0.15) is 0 Å². The molecule has 0 bridgehead atoms. The fourth-order valence-electron chi connectivity index (χ4n) is 9.51. The summed E-state index contributed by atoms with van der Waals surface area (Å²) in [6.45, 7) is 4.34. The van der Waals surface area contributed by atoms with Gasteiger partial charge in [-0.05, 0) is 51.4 Å². The molecule has 0 fully saturated rings. The van der Waals surface area contributed by atoms with Crippen molar-refractivity contribution in [2.24, 2.45) is 0 Å². The summed E-state index contributed by atoms with van der Waals surface area (Å²) in [5, 5.41) is 23.2. The number of aliphatic hydroxyl groups excluding tert-OH is 2. The zero-order chi connectivity index (χ0) is 47.7. The molecule has 390 valence electrons. The van der Waals surface area contributed by atoms with Gasteiger partial charge in [-0.2, -0.15) is 0 Å². The molecule has 4 nitrogen and oxygen atoms in total. The van der Waals surface area contributed by atoms with E-state index in [-0.39, 0.29) is 12.5 Å². The molecule has 0 heterocycles. The summed E-state index contributed by atoms with van der Waals surface area (Å²) in [6, 6.07) is -0.621. The third-order valence-electron chi connectivity index (χ3n) is 14.1. The Bertz CT molecular complexity index is 1010. The highest BCUT2D eigenvalue weighted by atomic mass is 16.3. The van der Waals surface area contributed by atoms with Crippen LogP contribution in [0.25, 0.3) is 0 Å². The van der Waals surface area contributed by atoms with Crippen molar-refractivity contribution in [3.8, 4) is 0 Å². The molecular weight excluding hydrogens is 807 g/mol. The number of unbranched alkanes of at least 4 members (excludes halogenated alkanes) is 45. The van der Waals surface area contributed by atoms with Crippen LogP contribution in [-0.2, 0) is 4.79 Å². The van der Waals surface area contributed by atoms with Crippen LogP contribution in [0.15, 0.2) is 36.5 Å². The number of carbonyl (C=O) groups excluding carboxylic acids is 1. The highest BCUT2D eigenvalue weighted by molar-refractivity contribution is 5.76. The Balaban J connectivity index is 3.44. The minimum atomic E-state index is -0.838. The van der Waals surface area contributed by atoms with Crippen molar-refractivity contribution in [3.05, 3.63) is 36.5 Å². The van der Waals surface area contributed by atoms with Gasteiger partial charge in [0.25, 0.3) is 0 Å². The van der Waals surface area contributed by atoms with E-state index in [2.05, 4.69) is 43.5 Å². The Labute approximate surface area is 414 Å². The lowest BCUT2D eigenvalue weighted by Crippen LogP contribution is -2.45. The first kappa shape index (κ1) is 64.6. The fraction of sp³-hybridized carbons (Fsp3) is 0.887. The average molecular weight is 927 g/mol. The second-order valence-electron chi connectivity index (χ2n) is 20.8. The largest absolute Gasteiger partial charge is 0.394 e. The van der Waals surface area contributed by atoms with E-state index < -0.39 is 12.1 Å². The smallest absolute Gasteiger partial charge is 0.220 e. The van der Waals surface area contributed by atoms with Crippen LogP contribution in [-0.4, -0.2) is 34.9 Å². The average Bonchev–Trinajstić information content (AvgIpc) is 3.32. The number of rotatable bonds is 56. The number of nitrogens with one attached hydrogen (secondary N) is 1. The van der Waals surface area contributed by atoms with E-state index in [0.29, 0.717) is 6.42 Å². The van der Waals surface area contributed by atoms with Gasteiger partial charge in [-0.3, -0.25) is 4.79 Å². The minimum Gasteiger partial charge on any atom is -0.394 e. The summed E-state index contributed by atoms with van der Waals surface area (Å²) in [7, 11) is 0. The zero-order valence-electron chi connectivity index (χ0n) is 45.0. The fourth-order valence-corrected chi connectivity index (χ4v) is 9.51. The lowest BCUT2D eigenvalue weighted by molar-refractivity contribution is -0.123. The lowest BCUT2D eigenvalue weighted by Gasteiger charge is -2.20. The molecule has 0 radical (unpaired) electrons. The molecule has 0 spiro atoms. The Hall–Kier alpha value is -1.39. The lowest BCUT2D eigenvalue weighted by atomic mass is 10.0. The summed E-state index contributed by atoms with van der Waals surface area (Å²) in [6.07, 6.45) is 79.0. The van der Waals surface area contributed by atoms with E-state index in [1.54, 1.807) is 6.08 Å². The van der Waals surface area contributed by atoms with Crippen molar-refractivity contribution < 1.29 is 15.0 Å². The molecule has 0 saturated carbocycles. The second kappa shape index (κ2) is 57.9. The molecule has 3 N–H and O–H groups in total. The first-order valence-corrected chi connectivity index (χ1v) is 30.2. The molecule has 0 aliphatic carbocycles. The quantitative estimate of drug-likeness (QED) is 0.0420. The predicted molar refractivity (Wildman–Crippen MR) is 295 cm³/mol. The SMILES string of the molecule is CCCCCCCCCCCCC/C=C\C/C=C\CCCCCCCCCCCCCCCCCCCC(=O)NC(CO)C(O)/C=C/CCCCCCCCCCCCCCCCCCC. The number of allylic oxidation sites excluding steroid dienone is 5. The van der Waals surface area contributed by atoms with Crippen LogP contribution in [0.3, 0.4) is 0 Å². The molecule has 2 unspecified atom stereocenters. The van der Waals surface area contributed by atoms with Gasteiger partial charge in [0, 0.05) is 6.42 Å². The molecule has 0 aliphatic rings. The Morgan fingerprint density at radius 2 is 0.621 bits per heavy atom. The van der Waals surface area contributed by atoms with Crippen LogP contribution >= 0.6 is 0 Å². The predicted octanol–water partition coefficient (Wildman–Crippen LogP) is 20.0. The zero-order valence-corrected chi connectivity index (χ0v) is 45.0. The number of hydrogen-bond donors (Lipinski definition) is 3. The van der Waals surface area contributed by atoms with E-state index in [1.807, 2.05) is 6.08 Å². The maximum Gasteiger partial charge on any atom is 0.220 e. The van der Waals surface area contributed by atoms with E-state index in [9.17, 15) is 15.0 Å². The molecule has 0 saturated heterocycles. The third-order valence-corrected chi connectivity index (χ3v) is 14.1. The molecule has 1 amide bonds. The van der Waals surface area contributed by atoms with Crippen LogP contribution in [0.2, 0.25) is 0 Å². The Kier molecular flexibility index (Phi) is 56.7. The molecule has 0 aromatic heterocycles. The molecule has 66 heavy (non-hydrogen) atoms. The molecular formula is C62H119NO3. The molecule has 0 aromatic rings. The van der Waals surface area contributed by atoms with Gasteiger partial charge >= 0.3 is 0 Å². The van der Waals surface area contributed by atoms with Crippen molar-refractivity contribution in [3.63, 3.8) is 0 Å². The maximum atomic E-state index is 12.5. The monoisotopic (exact) mass is 926 g/mol. The van der Waals surface area contributed by atoms with E-state index in [4.69, 9.17) is 0 Å². The highest BCUT2D eigenvalue weighted by Crippen LogP contribution is 2.17. The number of hydrogen-bond acceptors (Lipinski definition) is 3.